The van der Waals surface area contributed by atoms with E-state index in [1.807, 2.05) is 17.0 Å². The zero-order chi connectivity index (χ0) is 18.6. The number of rotatable bonds is 3. The minimum atomic E-state index is -0.383. The van der Waals surface area contributed by atoms with Crippen LogP contribution in [0.5, 0.6) is 0 Å². The number of benzene rings is 2. The molecule has 1 atom stereocenters. The van der Waals surface area contributed by atoms with E-state index < -0.39 is 0 Å². The second-order valence-electron chi connectivity index (χ2n) is 7.17. The zero-order valence-corrected chi connectivity index (χ0v) is 15.3. The molecule has 1 N–H and O–H groups in total. The van der Waals surface area contributed by atoms with Gasteiger partial charge in [0.15, 0.2) is 0 Å². The minimum Gasteiger partial charge on any atom is -0.368 e. The molecule has 2 aromatic rings. The van der Waals surface area contributed by atoms with Crippen LogP contribution in [0.15, 0.2) is 48.5 Å². The summed E-state index contributed by atoms with van der Waals surface area (Å²) in [6.07, 6.45) is 3.23. The number of carbonyl (C=O) groups is 2. The number of fused-ring (bicyclic) bond motifs is 1. The maximum atomic E-state index is 13.0. The largest absolute Gasteiger partial charge is 0.368 e. The lowest BCUT2D eigenvalue weighted by atomic mass is 10.0. The summed E-state index contributed by atoms with van der Waals surface area (Å²) in [5.41, 5.74) is 3.77. The molecule has 0 aliphatic carbocycles. The Kier molecular flexibility index (Phi) is 5.21. The van der Waals surface area contributed by atoms with Crippen molar-refractivity contribution in [2.75, 3.05) is 18.5 Å². The van der Waals surface area contributed by atoms with Crippen molar-refractivity contribution in [3.63, 3.8) is 0 Å². The van der Waals surface area contributed by atoms with E-state index >= 15 is 0 Å². The van der Waals surface area contributed by atoms with Gasteiger partial charge < -0.3 is 15.0 Å². The van der Waals surface area contributed by atoms with Crippen LogP contribution in [0.2, 0.25) is 0 Å². The van der Waals surface area contributed by atoms with Crippen LogP contribution in [0, 0.1) is 0 Å². The molecule has 5 heteroatoms. The quantitative estimate of drug-likeness (QED) is 0.908. The number of ether oxygens (including phenoxy) is 1. The summed E-state index contributed by atoms with van der Waals surface area (Å²) < 4.78 is 5.42. The Morgan fingerprint density at radius 1 is 1.04 bits per heavy atom. The molecule has 2 amide bonds. The Labute approximate surface area is 159 Å². The lowest BCUT2D eigenvalue weighted by Crippen LogP contribution is -2.31. The van der Waals surface area contributed by atoms with E-state index in [9.17, 15) is 9.59 Å². The first-order valence-electron chi connectivity index (χ1n) is 9.59. The fraction of sp³-hybridized carbons (Fsp3) is 0.364. The summed E-state index contributed by atoms with van der Waals surface area (Å²) in [5.74, 6) is -0.138. The van der Waals surface area contributed by atoms with E-state index in [-0.39, 0.29) is 17.9 Å². The molecule has 2 heterocycles. The van der Waals surface area contributed by atoms with Crippen molar-refractivity contribution < 1.29 is 14.3 Å². The number of hydrogen-bond donors (Lipinski definition) is 1. The number of hydrogen-bond acceptors (Lipinski definition) is 3. The van der Waals surface area contributed by atoms with Crippen molar-refractivity contribution >= 4 is 17.5 Å². The standard InChI is InChI=1S/C22H24N2O3/c25-21(20-11-5-13-27-20)23-19-10-3-8-17(14-19)22(26)24-12-4-9-16-6-1-2-7-18(16)15-24/h1-3,6-8,10,14,20H,4-5,9,11-13,15H2,(H,23,25). The third-order valence-corrected chi connectivity index (χ3v) is 5.24. The van der Waals surface area contributed by atoms with Crippen LogP contribution >= 0.6 is 0 Å². The SMILES string of the molecule is O=C(Nc1cccc(C(=O)N2CCCc3ccccc3C2)c1)C1CCCO1. The summed E-state index contributed by atoms with van der Waals surface area (Å²) in [5, 5.41) is 2.88. The van der Waals surface area contributed by atoms with Crippen LogP contribution in [-0.4, -0.2) is 36.0 Å². The second-order valence-corrected chi connectivity index (χ2v) is 7.17. The van der Waals surface area contributed by atoms with Gasteiger partial charge in [-0.2, -0.15) is 0 Å². The van der Waals surface area contributed by atoms with Gasteiger partial charge in [-0.05, 0) is 55.0 Å². The zero-order valence-electron chi connectivity index (χ0n) is 15.3. The van der Waals surface area contributed by atoms with E-state index in [1.165, 1.54) is 11.1 Å². The van der Waals surface area contributed by atoms with Crippen LogP contribution < -0.4 is 5.32 Å². The minimum absolute atomic E-state index is 0.0000755. The van der Waals surface area contributed by atoms with Crippen LogP contribution in [0.3, 0.4) is 0 Å². The lowest BCUT2D eigenvalue weighted by molar-refractivity contribution is -0.124. The molecule has 2 aliphatic rings. The van der Waals surface area contributed by atoms with Gasteiger partial charge in [-0.3, -0.25) is 9.59 Å². The highest BCUT2D eigenvalue weighted by Gasteiger charge is 2.24. The molecule has 1 saturated heterocycles. The normalized spacial score (nSPS) is 19.3. The molecular formula is C22H24N2O3. The van der Waals surface area contributed by atoms with Crippen LogP contribution in [-0.2, 0) is 22.5 Å². The summed E-state index contributed by atoms with van der Waals surface area (Å²) >= 11 is 0. The maximum Gasteiger partial charge on any atom is 0.254 e. The van der Waals surface area contributed by atoms with Crippen molar-refractivity contribution in [2.24, 2.45) is 0 Å². The second kappa shape index (κ2) is 7.92. The van der Waals surface area contributed by atoms with Gasteiger partial charge in [-0.1, -0.05) is 30.3 Å². The highest BCUT2D eigenvalue weighted by molar-refractivity contribution is 5.98. The first-order valence-corrected chi connectivity index (χ1v) is 9.59. The third-order valence-electron chi connectivity index (χ3n) is 5.24. The fourth-order valence-electron chi connectivity index (χ4n) is 3.79. The van der Waals surface area contributed by atoms with Crippen molar-refractivity contribution in [1.82, 2.24) is 4.90 Å². The number of amides is 2. The monoisotopic (exact) mass is 364 g/mol. The van der Waals surface area contributed by atoms with E-state index in [0.717, 1.165) is 32.2 Å². The molecular weight excluding hydrogens is 340 g/mol. The Hall–Kier alpha value is -2.66. The molecule has 27 heavy (non-hydrogen) atoms. The van der Waals surface area contributed by atoms with Gasteiger partial charge in [0.1, 0.15) is 6.10 Å². The van der Waals surface area contributed by atoms with Gasteiger partial charge in [-0.25, -0.2) is 0 Å². The molecule has 2 aliphatic heterocycles. The number of carbonyl (C=O) groups excluding carboxylic acids is 2. The summed E-state index contributed by atoms with van der Waals surface area (Å²) in [6, 6.07) is 15.5. The van der Waals surface area contributed by atoms with Crippen molar-refractivity contribution in [3.05, 3.63) is 65.2 Å². The lowest BCUT2D eigenvalue weighted by Gasteiger charge is -2.21. The molecule has 0 bridgehead atoms. The van der Waals surface area contributed by atoms with Crippen molar-refractivity contribution in [2.45, 2.75) is 38.3 Å². The number of nitrogens with one attached hydrogen (secondary N) is 1. The van der Waals surface area contributed by atoms with Gasteiger partial charge in [0.05, 0.1) is 0 Å². The smallest absolute Gasteiger partial charge is 0.254 e. The van der Waals surface area contributed by atoms with Crippen molar-refractivity contribution in [3.8, 4) is 0 Å². The van der Waals surface area contributed by atoms with Gasteiger partial charge in [0.25, 0.3) is 11.8 Å². The molecule has 1 unspecified atom stereocenters. The third kappa shape index (κ3) is 4.03. The average molecular weight is 364 g/mol. The number of nitrogens with zero attached hydrogens (tertiary/aromatic N) is 1. The highest BCUT2D eigenvalue weighted by atomic mass is 16.5. The Bertz CT molecular complexity index is 843. The van der Waals surface area contributed by atoms with Gasteiger partial charge in [-0.15, -0.1) is 0 Å². The fourth-order valence-corrected chi connectivity index (χ4v) is 3.79. The molecule has 0 saturated carbocycles. The predicted molar refractivity (Wildman–Crippen MR) is 104 cm³/mol. The van der Waals surface area contributed by atoms with Gasteiger partial charge >= 0.3 is 0 Å². The molecule has 1 fully saturated rings. The van der Waals surface area contributed by atoms with Gasteiger partial charge in [0.2, 0.25) is 0 Å². The molecule has 4 rings (SSSR count). The number of aryl methyl sites for hydroxylation is 1. The van der Waals surface area contributed by atoms with Gasteiger partial charge in [0, 0.05) is 30.9 Å². The van der Waals surface area contributed by atoms with E-state index in [2.05, 4.69) is 23.5 Å². The van der Waals surface area contributed by atoms with E-state index in [0.29, 0.717) is 24.4 Å². The average Bonchev–Trinajstić information content (AvgIpc) is 3.14. The Morgan fingerprint density at radius 2 is 1.89 bits per heavy atom. The van der Waals surface area contributed by atoms with Crippen LogP contribution in [0.25, 0.3) is 0 Å². The summed E-state index contributed by atoms with van der Waals surface area (Å²) in [7, 11) is 0. The molecule has 0 spiro atoms. The number of anilines is 1. The topological polar surface area (TPSA) is 58.6 Å². The Balaban J connectivity index is 1.48. The highest BCUT2D eigenvalue weighted by Crippen LogP contribution is 2.22. The molecule has 5 nitrogen and oxygen atoms in total. The molecule has 140 valence electrons. The van der Waals surface area contributed by atoms with Crippen LogP contribution in [0.1, 0.15) is 40.7 Å². The Morgan fingerprint density at radius 3 is 2.70 bits per heavy atom. The predicted octanol–water partition coefficient (Wildman–Crippen LogP) is 3.39. The summed E-state index contributed by atoms with van der Waals surface area (Å²) in [4.78, 5) is 27.2. The molecule has 0 radical (unpaired) electrons. The van der Waals surface area contributed by atoms with Crippen LogP contribution in [0.4, 0.5) is 5.69 Å². The van der Waals surface area contributed by atoms with E-state index in [1.54, 1.807) is 18.2 Å². The van der Waals surface area contributed by atoms with Crippen molar-refractivity contribution in [1.29, 1.82) is 0 Å². The first-order chi connectivity index (χ1) is 13.2. The molecule has 0 aromatic heterocycles. The summed E-state index contributed by atoms with van der Waals surface area (Å²) in [6.45, 7) is 1.99. The maximum absolute atomic E-state index is 13.0. The van der Waals surface area contributed by atoms with E-state index in [4.69, 9.17) is 4.74 Å². The first kappa shape index (κ1) is 17.7. The molecule has 2 aromatic carbocycles.